The van der Waals surface area contributed by atoms with Crippen molar-refractivity contribution in [3.63, 3.8) is 0 Å². The summed E-state index contributed by atoms with van der Waals surface area (Å²) in [5.41, 5.74) is 0.965. The van der Waals surface area contributed by atoms with Crippen LogP contribution < -0.4 is 15.0 Å². The van der Waals surface area contributed by atoms with Crippen LogP contribution >= 0.6 is 0 Å². The predicted molar refractivity (Wildman–Crippen MR) is 111 cm³/mol. The van der Waals surface area contributed by atoms with Crippen molar-refractivity contribution < 1.29 is 28.8 Å². The predicted octanol–water partition coefficient (Wildman–Crippen LogP) is 2.91. The number of nitrogens with zero attached hydrogens (tertiary/aromatic N) is 2. The number of esters is 1. The molecule has 3 rings (SSSR count). The zero-order chi connectivity index (χ0) is 22.5. The maximum atomic E-state index is 12.4. The summed E-state index contributed by atoms with van der Waals surface area (Å²) in [6.07, 6.45) is 0.178. The Balaban J connectivity index is 1.62. The summed E-state index contributed by atoms with van der Waals surface area (Å²) >= 11 is 0. The van der Waals surface area contributed by atoms with Gasteiger partial charge in [0, 0.05) is 24.7 Å². The lowest BCUT2D eigenvalue weighted by Crippen LogP contribution is -2.30. The van der Waals surface area contributed by atoms with E-state index in [0.717, 1.165) is 6.42 Å². The molecule has 162 valence electrons. The van der Waals surface area contributed by atoms with Gasteiger partial charge in [-0.3, -0.25) is 19.7 Å². The van der Waals surface area contributed by atoms with Crippen LogP contribution in [0.3, 0.4) is 0 Å². The number of methoxy groups -OCH3 is 1. The summed E-state index contributed by atoms with van der Waals surface area (Å²) < 4.78 is 10.3. The molecule has 2 aromatic rings. The minimum atomic E-state index is -1.13. The van der Waals surface area contributed by atoms with Crippen LogP contribution in [-0.4, -0.2) is 42.5 Å². The van der Waals surface area contributed by atoms with Gasteiger partial charge in [0.2, 0.25) is 5.91 Å². The fraction of sp³-hybridized carbons (Fsp3) is 0.286. The molecule has 1 N–H and O–H groups in total. The van der Waals surface area contributed by atoms with Gasteiger partial charge < -0.3 is 19.7 Å². The van der Waals surface area contributed by atoms with E-state index in [4.69, 9.17) is 9.47 Å². The Morgan fingerprint density at radius 1 is 1.19 bits per heavy atom. The van der Waals surface area contributed by atoms with E-state index in [-0.39, 0.29) is 28.6 Å². The second-order valence-corrected chi connectivity index (χ2v) is 6.87. The maximum absolute atomic E-state index is 12.4. The number of carbonyl (C=O) groups excluding carboxylic acids is 3. The molecule has 1 atom stereocenters. The highest BCUT2D eigenvalue weighted by Gasteiger charge is 2.23. The van der Waals surface area contributed by atoms with Crippen LogP contribution in [0.1, 0.15) is 30.1 Å². The molecule has 0 aromatic heterocycles. The highest BCUT2D eigenvalue weighted by atomic mass is 16.6. The van der Waals surface area contributed by atoms with E-state index in [1.54, 1.807) is 17.0 Å². The van der Waals surface area contributed by atoms with Crippen LogP contribution in [0.2, 0.25) is 0 Å². The monoisotopic (exact) mass is 427 g/mol. The lowest BCUT2D eigenvalue weighted by molar-refractivity contribution is -0.384. The molecule has 1 saturated heterocycles. The Morgan fingerprint density at radius 2 is 1.90 bits per heavy atom. The quantitative estimate of drug-likeness (QED) is 0.409. The summed E-state index contributed by atoms with van der Waals surface area (Å²) in [7, 11) is 1.32. The summed E-state index contributed by atoms with van der Waals surface area (Å²) in [6, 6.07) is 10.1. The Labute approximate surface area is 177 Å². The van der Waals surface area contributed by atoms with Crippen molar-refractivity contribution in [1.29, 1.82) is 0 Å². The number of hydrogen-bond acceptors (Lipinski definition) is 7. The van der Waals surface area contributed by atoms with Gasteiger partial charge in [0.1, 0.15) is 5.75 Å². The smallest absolute Gasteiger partial charge is 0.338 e. The van der Waals surface area contributed by atoms with Crippen LogP contribution in [0.15, 0.2) is 42.5 Å². The van der Waals surface area contributed by atoms with E-state index in [9.17, 15) is 24.5 Å². The molecule has 0 bridgehead atoms. The first-order valence-corrected chi connectivity index (χ1v) is 9.55. The Bertz CT molecular complexity index is 1020. The van der Waals surface area contributed by atoms with Crippen molar-refractivity contribution >= 4 is 34.8 Å². The molecule has 31 heavy (non-hydrogen) atoms. The van der Waals surface area contributed by atoms with Crippen LogP contribution in [0.4, 0.5) is 17.1 Å². The van der Waals surface area contributed by atoms with Crippen LogP contribution in [0.5, 0.6) is 5.75 Å². The van der Waals surface area contributed by atoms with Gasteiger partial charge in [-0.1, -0.05) is 0 Å². The first-order valence-electron chi connectivity index (χ1n) is 9.55. The number of nitro groups is 1. The second-order valence-electron chi connectivity index (χ2n) is 6.87. The fourth-order valence-electron chi connectivity index (χ4n) is 3.11. The topological polar surface area (TPSA) is 128 Å². The molecule has 10 heteroatoms. The van der Waals surface area contributed by atoms with Gasteiger partial charge in [0.25, 0.3) is 11.6 Å². The maximum Gasteiger partial charge on any atom is 0.338 e. The molecule has 0 unspecified atom stereocenters. The number of hydrogen-bond donors (Lipinski definition) is 1. The van der Waals surface area contributed by atoms with Gasteiger partial charge in [0.15, 0.2) is 6.10 Å². The molecule has 1 heterocycles. The van der Waals surface area contributed by atoms with E-state index >= 15 is 0 Å². The van der Waals surface area contributed by atoms with Crippen LogP contribution in [-0.2, 0) is 14.3 Å². The number of ether oxygens (including phenoxy) is 2. The normalized spacial score (nSPS) is 14.1. The number of benzene rings is 2. The fourth-order valence-corrected chi connectivity index (χ4v) is 3.11. The molecule has 0 aliphatic carbocycles. The zero-order valence-electron chi connectivity index (χ0n) is 17.0. The van der Waals surface area contributed by atoms with Gasteiger partial charge in [-0.2, -0.15) is 0 Å². The van der Waals surface area contributed by atoms with Crippen molar-refractivity contribution in [1.82, 2.24) is 0 Å². The van der Waals surface area contributed by atoms with Gasteiger partial charge in [0.05, 0.1) is 29.4 Å². The largest absolute Gasteiger partial charge is 0.494 e. The molecule has 2 aromatic carbocycles. The Kier molecular flexibility index (Phi) is 6.49. The highest BCUT2D eigenvalue weighted by molar-refractivity contribution is 5.99. The van der Waals surface area contributed by atoms with E-state index in [2.05, 4.69) is 5.32 Å². The summed E-state index contributed by atoms with van der Waals surface area (Å²) in [4.78, 5) is 48.5. The highest BCUT2D eigenvalue weighted by Crippen LogP contribution is 2.29. The first kappa shape index (κ1) is 21.8. The molecule has 0 radical (unpaired) electrons. The van der Waals surface area contributed by atoms with Crippen LogP contribution in [0, 0.1) is 10.1 Å². The van der Waals surface area contributed by atoms with E-state index in [0.29, 0.717) is 18.7 Å². The third-order valence-corrected chi connectivity index (χ3v) is 4.79. The average molecular weight is 427 g/mol. The summed E-state index contributed by atoms with van der Waals surface area (Å²) in [5.74, 6) is -1.17. The standard InChI is InChI=1S/C21H21N3O7/c1-13(20(26)22-17-10-9-16(24(28)29)12-18(17)30-2)31-21(27)14-5-7-15(8-6-14)23-11-3-4-19(23)25/h5-10,12-13H,3-4,11H2,1-2H3,(H,22,26)/t13-/m0/s1. The Hall–Kier alpha value is -3.95. The van der Waals surface area contributed by atoms with Crippen molar-refractivity contribution in [3.05, 3.63) is 58.1 Å². The third kappa shape index (κ3) is 4.97. The number of nitro benzene ring substituents is 1. The SMILES string of the molecule is COc1cc([N+](=O)[O-])ccc1NC(=O)[C@H](C)OC(=O)c1ccc(N2CCCC2=O)cc1. The molecule has 10 nitrogen and oxygen atoms in total. The van der Waals surface area contributed by atoms with Crippen molar-refractivity contribution in [3.8, 4) is 5.75 Å². The number of carbonyl (C=O) groups is 3. The van der Waals surface area contributed by atoms with E-state index in [1.165, 1.54) is 44.4 Å². The average Bonchev–Trinajstić information content (AvgIpc) is 3.19. The second kappa shape index (κ2) is 9.24. The molecule has 1 aliphatic heterocycles. The molecule has 0 saturated carbocycles. The van der Waals surface area contributed by atoms with E-state index in [1.807, 2.05) is 0 Å². The molecule has 1 fully saturated rings. The van der Waals surface area contributed by atoms with E-state index < -0.39 is 22.9 Å². The van der Waals surface area contributed by atoms with Crippen molar-refractivity contribution in [2.45, 2.75) is 25.9 Å². The number of amides is 2. The lowest BCUT2D eigenvalue weighted by Gasteiger charge is -2.17. The number of nitrogens with one attached hydrogen (secondary N) is 1. The summed E-state index contributed by atoms with van der Waals surface area (Å²) in [5, 5.41) is 13.4. The molecule has 0 spiro atoms. The molecular formula is C21H21N3O7. The number of non-ortho nitro benzene ring substituents is 1. The molecule has 1 aliphatic rings. The first-order chi connectivity index (χ1) is 14.8. The van der Waals surface area contributed by atoms with Crippen molar-refractivity contribution in [2.24, 2.45) is 0 Å². The third-order valence-electron chi connectivity index (χ3n) is 4.79. The van der Waals surface area contributed by atoms with Crippen molar-refractivity contribution in [2.75, 3.05) is 23.9 Å². The summed E-state index contributed by atoms with van der Waals surface area (Å²) in [6.45, 7) is 2.05. The molecular weight excluding hydrogens is 406 g/mol. The van der Waals surface area contributed by atoms with Gasteiger partial charge in [-0.05, 0) is 43.7 Å². The molecule has 2 amide bonds. The lowest BCUT2D eigenvalue weighted by atomic mass is 10.2. The van der Waals surface area contributed by atoms with Gasteiger partial charge in [-0.25, -0.2) is 4.79 Å². The van der Waals surface area contributed by atoms with Gasteiger partial charge in [-0.15, -0.1) is 0 Å². The number of anilines is 2. The van der Waals surface area contributed by atoms with Crippen LogP contribution in [0.25, 0.3) is 0 Å². The zero-order valence-corrected chi connectivity index (χ0v) is 17.0. The minimum Gasteiger partial charge on any atom is -0.494 e. The number of rotatable bonds is 7. The minimum absolute atomic E-state index is 0.0438. The Morgan fingerprint density at radius 3 is 2.48 bits per heavy atom. The van der Waals surface area contributed by atoms with Gasteiger partial charge >= 0.3 is 5.97 Å².